The van der Waals surface area contributed by atoms with E-state index < -0.39 is 34.9 Å². The fraction of sp³-hybridized carbons (Fsp3) is 0.286. The van der Waals surface area contributed by atoms with Gasteiger partial charge < -0.3 is 14.5 Å². The minimum atomic E-state index is -4.71. The molecule has 0 atom stereocenters. The maximum atomic E-state index is 12.9. The van der Waals surface area contributed by atoms with Gasteiger partial charge in [0.05, 0.1) is 10.5 Å². The standard InChI is InChI=1S/C21H18F5N3O4/c22-20(23)33-18-4-2-1-3-14(18)5-8-19(30)28-11-9-27(10-12-28)16-7-6-15(21(24,25)26)13-17(16)29(31)32/h1-8,13,20H,9-12H2/b8-5+. The van der Waals surface area contributed by atoms with E-state index in [1.165, 1.54) is 40.2 Å². The van der Waals surface area contributed by atoms with Gasteiger partial charge in [-0.05, 0) is 24.3 Å². The molecule has 1 fully saturated rings. The van der Waals surface area contributed by atoms with Gasteiger partial charge in [-0.1, -0.05) is 18.2 Å². The van der Waals surface area contributed by atoms with E-state index in [1.807, 2.05) is 0 Å². The van der Waals surface area contributed by atoms with Crippen LogP contribution in [0.25, 0.3) is 6.08 Å². The van der Waals surface area contributed by atoms with Crippen molar-refractivity contribution in [3.63, 3.8) is 0 Å². The predicted octanol–water partition coefficient (Wildman–Crippen LogP) is 4.58. The fourth-order valence-corrected chi connectivity index (χ4v) is 3.37. The van der Waals surface area contributed by atoms with E-state index in [0.717, 1.165) is 12.1 Å². The predicted molar refractivity (Wildman–Crippen MR) is 109 cm³/mol. The molecule has 176 valence electrons. The molecule has 0 radical (unpaired) electrons. The van der Waals surface area contributed by atoms with Crippen LogP contribution in [0.2, 0.25) is 0 Å². The maximum Gasteiger partial charge on any atom is 0.416 e. The van der Waals surface area contributed by atoms with Crippen molar-refractivity contribution in [1.29, 1.82) is 0 Å². The van der Waals surface area contributed by atoms with E-state index in [4.69, 9.17) is 0 Å². The topological polar surface area (TPSA) is 75.9 Å². The van der Waals surface area contributed by atoms with Crippen LogP contribution in [-0.2, 0) is 11.0 Å². The third-order valence-electron chi connectivity index (χ3n) is 4.97. The molecule has 7 nitrogen and oxygen atoms in total. The Kier molecular flexibility index (Phi) is 7.14. The number of amides is 1. The van der Waals surface area contributed by atoms with Crippen molar-refractivity contribution in [3.05, 3.63) is 69.8 Å². The molecule has 0 bridgehead atoms. The highest BCUT2D eigenvalue weighted by molar-refractivity contribution is 5.92. The molecular weight excluding hydrogens is 453 g/mol. The van der Waals surface area contributed by atoms with Crippen LogP contribution in [0.5, 0.6) is 5.75 Å². The minimum absolute atomic E-state index is 0.0358. The lowest BCUT2D eigenvalue weighted by Gasteiger charge is -2.35. The summed E-state index contributed by atoms with van der Waals surface area (Å²) in [7, 11) is 0. The second kappa shape index (κ2) is 9.84. The van der Waals surface area contributed by atoms with E-state index in [1.54, 1.807) is 6.07 Å². The third-order valence-corrected chi connectivity index (χ3v) is 4.97. The second-order valence-electron chi connectivity index (χ2n) is 7.02. The minimum Gasteiger partial charge on any atom is -0.434 e. The molecule has 1 aliphatic rings. The number of para-hydroxylation sites is 1. The highest BCUT2D eigenvalue weighted by Gasteiger charge is 2.34. The number of ether oxygens (including phenoxy) is 1. The van der Waals surface area contributed by atoms with Crippen molar-refractivity contribution in [2.24, 2.45) is 0 Å². The number of nitro benzene ring substituents is 1. The number of benzene rings is 2. The van der Waals surface area contributed by atoms with Crippen molar-refractivity contribution < 1.29 is 36.4 Å². The van der Waals surface area contributed by atoms with Gasteiger partial charge in [-0.3, -0.25) is 14.9 Å². The number of piperazine rings is 1. The highest BCUT2D eigenvalue weighted by Crippen LogP contribution is 2.36. The number of carbonyl (C=O) groups excluding carboxylic acids is 1. The summed E-state index contributed by atoms with van der Waals surface area (Å²) in [5.41, 5.74) is -1.47. The van der Waals surface area contributed by atoms with Crippen molar-refractivity contribution in [2.45, 2.75) is 12.8 Å². The number of nitrogens with zero attached hydrogens (tertiary/aromatic N) is 3. The average molecular weight is 471 g/mol. The lowest BCUT2D eigenvalue weighted by atomic mass is 10.1. The van der Waals surface area contributed by atoms with Crippen LogP contribution < -0.4 is 9.64 Å². The number of nitro groups is 1. The zero-order valence-corrected chi connectivity index (χ0v) is 17.0. The van der Waals surface area contributed by atoms with Crippen LogP contribution in [0.4, 0.5) is 33.3 Å². The Labute approximate surface area is 184 Å². The number of alkyl halides is 5. The molecule has 12 heteroatoms. The van der Waals surface area contributed by atoms with E-state index in [0.29, 0.717) is 6.07 Å². The quantitative estimate of drug-likeness (QED) is 0.267. The first-order valence-electron chi connectivity index (χ1n) is 9.67. The molecule has 0 aliphatic carbocycles. The van der Waals surface area contributed by atoms with Gasteiger partial charge in [-0.25, -0.2) is 0 Å². The Bertz CT molecular complexity index is 1050. The van der Waals surface area contributed by atoms with Gasteiger partial charge in [0.1, 0.15) is 11.4 Å². The van der Waals surface area contributed by atoms with E-state index >= 15 is 0 Å². The molecule has 0 spiro atoms. The Morgan fingerprint density at radius 1 is 1.09 bits per heavy atom. The van der Waals surface area contributed by atoms with Crippen LogP contribution in [0.15, 0.2) is 48.5 Å². The summed E-state index contributed by atoms with van der Waals surface area (Å²) in [6, 6.07) is 8.28. The van der Waals surface area contributed by atoms with Crippen LogP contribution in [0.3, 0.4) is 0 Å². The molecule has 0 saturated carbocycles. The van der Waals surface area contributed by atoms with Crippen molar-refractivity contribution in [1.82, 2.24) is 4.90 Å². The number of hydrogen-bond acceptors (Lipinski definition) is 5. The summed E-state index contributed by atoms with van der Waals surface area (Å²) in [5.74, 6) is -0.501. The van der Waals surface area contributed by atoms with Crippen molar-refractivity contribution >= 4 is 23.4 Å². The first kappa shape index (κ1) is 24.0. The number of anilines is 1. The lowest BCUT2D eigenvalue weighted by Crippen LogP contribution is -2.48. The van der Waals surface area contributed by atoms with Gasteiger partial charge in [0.15, 0.2) is 0 Å². The van der Waals surface area contributed by atoms with Crippen LogP contribution in [0.1, 0.15) is 11.1 Å². The number of hydrogen-bond donors (Lipinski definition) is 0. The highest BCUT2D eigenvalue weighted by atomic mass is 19.4. The zero-order valence-electron chi connectivity index (χ0n) is 17.0. The average Bonchev–Trinajstić information content (AvgIpc) is 2.77. The van der Waals surface area contributed by atoms with Crippen molar-refractivity contribution in [2.75, 3.05) is 31.1 Å². The molecule has 0 unspecified atom stereocenters. The number of halogens is 5. The summed E-state index contributed by atoms with van der Waals surface area (Å²) >= 11 is 0. The maximum absolute atomic E-state index is 12.9. The first-order valence-corrected chi connectivity index (χ1v) is 9.67. The molecular formula is C21H18F5N3O4. The Balaban J connectivity index is 1.67. The van der Waals surface area contributed by atoms with E-state index in [9.17, 15) is 36.9 Å². The summed E-state index contributed by atoms with van der Waals surface area (Å²) in [6.45, 7) is -2.36. The number of carbonyl (C=O) groups is 1. The van der Waals surface area contributed by atoms with Crippen LogP contribution >= 0.6 is 0 Å². The zero-order chi connectivity index (χ0) is 24.2. The molecule has 1 amide bonds. The molecule has 1 aliphatic heterocycles. The molecule has 3 rings (SSSR count). The van der Waals surface area contributed by atoms with E-state index in [-0.39, 0.29) is 43.2 Å². The van der Waals surface area contributed by atoms with Crippen LogP contribution in [0, 0.1) is 10.1 Å². The first-order chi connectivity index (χ1) is 15.6. The van der Waals surface area contributed by atoms with Gasteiger partial charge in [0.2, 0.25) is 5.91 Å². The molecule has 2 aromatic carbocycles. The van der Waals surface area contributed by atoms with Crippen LogP contribution in [-0.4, -0.2) is 48.5 Å². The second-order valence-corrected chi connectivity index (χ2v) is 7.02. The Morgan fingerprint density at radius 3 is 2.36 bits per heavy atom. The van der Waals surface area contributed by atoms with Gasteiger partial charge in [0, 0.05) is 43.9 Å². The van der Waals surface area contributed by atoms with Gasteiger partial charge in [0.25, 0.3) is 5.69 Å². The van der Waals surface area contributed by atoms with Gasteiger partial charge in [-0.15, -0.1) is 0 Å². The molecule has 0 N–H and O–H groups in total. The fourth-order valence-electron chi connectivity index (χ4n) is 3.37. The van der Waals surface area contributed by atoms with E-state index in [2.05, 4.69) is 4.74 Å². The largest absolute Gasteiger partial charge is 0.434 e. The SMILES string of the molecule is O=C(/C=C/c1ccccc1OC(F)F)N1CCN(c2ccc(C(F)(F)F)cc2[N+](=O)[O-])CC1. The monoisotopic (exact) mass is 471 g/mol. The summed E-state index contributed by atoms with van der Waals surface area (Å²) < 4.78 is 68.1. The van der Waals surface area contributed by atoms with Gasteiger partial charge in [-0.2, -0.15) is 22.0 Å². The summed E-state index contributed by atoms with van der Waals surface area (Å²) in [4.78, 5) is 25.9. The molecule has 1 heterocycles. The Hall–Kier alpha value is -3.70. The van der Waals surface area contributed by atoms with Crippen molar-refractivity contribution in [3.8, 4) is 5.75 Å². The molecule has 2 aromatic rings. The lowest BCUT2D eigenvalue weighted by molar-refractivity contribution is -0.384. The Morgan fingerprint density at radius 2 is 1.76 bits per heavy atom. The number of rotatable bonds is 6. The molecule has 33 heavy (non-hydrogen) atoms. The normalized spacial score (nSPS) is 14.7. The summed E-state index contributed by atoms with van der Waals surface area (Å²) in [5, 5.41) is 11.3. The summed E-state index contributed by atoms with van der Waals surface area (Å²) in [6.07, 6.45) is -2.17. The van der Waals surface area contributed by atoms with Gasteiger partial charge >= 0.3 is 12.8 Å². The third kappa shape index (κ3) is 5.96. The molecule has 1 saturated heterocycles. The smallest absolute Gasteiger partial charge is 0.416 e. The molecule has 0 aromatic heterocycles.